The second kappa shape index (κ2) is 3.32. The van der Waals surface area contributed by atoms with Crippen LogP contribution in [-0.2, 0) is 0 Å². The fourth-order valence-electron chi connectivity index (χ4n) is 0.656. The molecule has 0 saturated heterocycles. The number of rotatable bonds is 1. The molecule has 1 heterocycles. The van der Waals surface area contributed by atoms with Crippen LogP contribution in [-0.4, -0.2) is 16.1 Å². The van der Waals surface area contributed by atoms with E-state index in [0.29, 0.717) is 10.0 Å². The van der Waals surface area contributed by atoms with E-state index in [0.717, 1.165) is 0 Å². The molecule has 0 saturated carbocycles. The molecule has 0 spiro atoms. The zero-order valence-electron chi connectivity index (χ0n) is 5.78. The van der Waals surface area contributed by atoms with Crippen molar-refractivity contribution < 1.29 is 9.90 Å². The molecule has 1 aromatic rings. The average Bonchev–Trinajstić information content (AvgIpc) is 2.03. The molecule has 12 heavy (non-hydrogen) atoms. The first-order valence-electron chi connectivity index (χ1n) is 2.94. The minimum absolute atomic E-state index is 0.0889. The van der Waals surface area contributed by atoms with E-state index in [1.54, 1.807) is 0 Å². The van der Waals surface area contributed by atoms with E-state index in [1.165, 1.54) is 12.3 Å². The normalized spacial score (nSPS) is 9.00. The van der Waals surface area contributed by atoms with Gasteiger partial charge in [-0.2, -0.15) is 5.26 Å². The monoisotopic (exact) mass is 226 g/mol. The van der Waals surface area contributed by atoms with Crippen LogP contribution >= 0.6 is 15.9 Å². The summed E-state index contributed by atoms with van der Waals surface area (Å²) in [6, 6.07) is 3.26. The Hall–Kier alpha value is -1.41. The van der Waals surface area contributed by atoms with Crippen molar-refractivity contribution in [2.24, 2.45) is 0 Å². The Morgan fingerprint density at radius 3 is 2.83 bits per heavy atom. The van der Waals surface area contributed by atoms with Crippen molar-refractivity contribution in [3.8, 4) is 6.07 Å². The highest BCUT2D eigenvalue weighted by molar-refractivity contribution is 9.10. The summed E-state index contributed by atoms with van der Waals surface area (Å²) in [6.07, 6.45) is 1.22. The molecular formula is C7H3BrN2O2. The highest BCUT2D eigenvalue weighted by Gasteiger charge is 2.09. The fourth-order valence-corrected chi connectivity index (χ4v) is 1.18. The number of aromatic nitrogens is 1. The fraction of sp³-hybridized carbons (Fsp3) is 0. The minimum atomic E-state index is -1.12. The van der Waals surface area contributed by atoms with Crippen LogP contribution in [0.1, 0.15) is 16.1 Å². The van der Waals surface area contributed by atoms with Gasteiger partial charge >= 0.3 is 5.97 Å². The number of carbonyl (C=O) groups is 1. The maximum Gasteiger partial charge on any atom is 0.355 e. The van der Waals surface area contributed by atoms with Crippen LogP contribution in [0, 0.1) is 11.3 Å². The van der Waals surface area contributed by atoms with Gasteiger partial charge < -0.3 is 5.11 Å². The lowest BCUT2D eigenvalue weighted by atomic mass is 10.3. The van der Waals surface area contributed by atoms with Crippen LogP contribution in [0.2, 0.25) is 0 Å². The van der Waals surface area contributed by atoms with Crippen molar-refractivity contribution in [3.63, 3.8) is 0 Å². The average molecular weight is 227 g/mol. The Balaban J connectivity index is 3.23. The molecule has 0 amide bonds. The second-order valence-corrected chi connectivity index (χ2v) is 2.83. The van der Waals surface area contributed by atoms with Gasteiger partial charge in [-0.25, -0.2) is 9.78 Å². The number of pyridine rings is 1. The summed E-state index contributed by atoms with van der Waals surface area (Å²) in [7, 11) is 0. The van der Waals surface area contributed by atoms with Gasteiger partial charge in [-0.3, -0.25) is 0 Å². The Morgan fingerprint density at radius 1 is 1.75 bits per heavy atom. The lowest BCUT2D eigenvalue weighted by Gasteiger charge is -1.96. The van der Waals surface area contributed by atoms with Crippen LogP contribution in [0.5, 0.6) is 0 Å². The van der Waals surface area contributed by atoms with E-state index < -0.39 is 5.97 Å². The topological polar surface area (TPSA) is 74.0 Å². The second-order valence-electron chi connectivity index (χ2n) is 1.97. The number of hydrogen-bond donors (Lipinski definition) is 1. The van der Waals surface area contributed by atoms with Crippen molar-refractivity contribution in [1.82, 2.24) is 4.98 Å². The molecule has 1 N–H and O–H groups in total. The van der Waals surface area contributed by atoms with E-state index >= 15 is 0 Å². The molecule has 0 aliphatic rings. The molecular weight excluding hydrogens is 224 g/mol. The van der Waals surface area contributed by atoms with Crippen molar-refractivity contribution in [1.29, 1.82) is 5.26 Å². The SMILES string of the molecule is N#Cc1cnc(C(=O)O)c(Br)c1. The molecule has 5 heteroatoms. The zero-order chi connectivity index (χ0) is 9.14. The number of carboxylic acids is 1. The molecule has 1 rings (SSSR count). The third-order valence-electron chi connectivity index (χ3n) is 1.17. The first kappa shape index (κ1) is 8.68. The van der Waals surface area contributed by atoms with Gasteiger partial charge in [-0.05, 0) is 22.0 Å². The molecule has 0 aliphatic heterocycles. The molecule has 0 radical (unpaired) electrons. The standard InChI is InChI=1S/C7H3BrN2O2/c8-5-1-4(2-9)3-10-6(5)7(11)12/h1,3H,(H,11,12). The number of hydrogen-bond acceptors (Lipinski definition) is 3. The third kappa shape index (κ3) is 1.60. The zero-order valence-corrected chi connectivity index (χ0v) is 7.37. The van der Waals surface area contributed by atoms with E-state index in [9.17, 15) is 4.79 Å². The van der Waals surface area contributed by atoms with Gasteiger partial charge in [0.2, 0.25) is 0 Å². The highest BCUT2D eigenvalue weighted by atomic mass is 79.9. The first-order chi connectivity index (χ1) is 5.65. The summed E-state index contributed by atoms with van der Waals surface area (Å²) >= 11 is 2.99. The van der Waals surface area contributed by atoms with Gasteiger partial charge in [0.15, 0.2) is 5.69 Å². The predicted octanol–water partition coefficient (Wildman–Crippen LogP) is 1.41. The van der Waals surface area contributed by atoms with Gasteiger partial charge in [0.25, 0.3) is 0 Å². The van der Waals surface area contributed by atoms with Crippen molar-refractivity contribution >= 4 is 21.9 Å². The van der Waals surface area contributed by atoms with Gasteiger partial charge in [0, 0.05) is 6.20 Å². The maximum atomic E-state index is 10.4. The van der Waals surface area contributed by atoms with E-state index in [1.807, 2.05) is 6.07 Å². The first-order valence-corrected chi connectivity index (χ1v) is 3.73. The molecule has 60 valence electrons. The summed E-state index contributed by atoms with van der Waals surface area (Å²) in [4.78, 5) is 14.0. The maximum absolute atomic E-state index is 10.4. The lowest BCUT2D eigenvalue weighted by molar-refractivity contribution is 0.0689. The molecule has 0 aliphatic carbocycles. The van der Waals surface area contributed by atoms with Gasteiger partial charge in [-0.1, -0.05) is 0 Å². The van der Waals surface area contributed by atoms with Gasteiger partial charge in [0.1, 0.15) is 6.07 Å². The van der Waals surface area contributed by atoms with Gasteiger partial charge in [0.05, 0.1) is 10.0 Å². The van der Waals surface area contributed by atoms with Crippen molar-refractivity contribution in [3.05, 3.63) is 28.0 Å². The third-order valence-corrected chi connectivity index (χ3v) is 1.78. The Bertz CT molecular complexity index is 370. The molecule has 0 fully saturated rings. The van der Waals surface area contributed by atoms with Crippen LogP contribution < -0.4 is 0 Å². The largest absolute Gasteiger partial charge is 0.476 e. The summed E-state index contributed by atoms with van der Waals surface area (Å²) in [6.45, 7) is 0. The predicted molar refractivity (Wildman–Crippen MR) is 43.6 cm³/mol. The Labute approximate surface area is 76.6 Å². The minimum Gasteiger partial charge on any atom is -0.476 e. The van der Waals surface area contributed by atoms with Crippen molar-refractivity contribution in [2.75, 3.05) is 0 Å². The number of halogens is 1. The number of aromatic carboxylic acids is 1. The molecule has 0 atom stereocenters. The Kier molecular flexibility index (Phi) is 2.41. The molecule has 0 aromatic carbocycles. The van der Waals surface area contributed by atoms with E-state index in [-0.39, 0.29) is 5.69 Å². The molecule has 1 aromatic heterocycles. The summed E-state index contributed by atoms with van der Waals surface area (Å²) < 4.78 is 0.314. The Morgan fingerprint density at radius 2 is 2.42 bits per heavy atom. The smallest absolute Gasteiger partial charge is 0.355 e. The van der Waals surface area contributed by atoms with Crippen LogP contribution in [0.25, 0.3) is 0 Å². The lowest BCUT2D eigenvalue weighted by Crippen LogP contribution is -2.01. The van der Waals surface area contributed by atoms with E-state index in [2.05, 4.69) is 20.9 Å². The van der Waals surface area contributed by atoms with Crippen LogP contribution in [0.15, 0.2) is 16.7 Å². The van der Waals surface area contributed by atoms with Crippen LogP contribution in [0.4, 0.5) is 0 Å². The van der Waals surface area contributed by atoms with Gasteiger partial charge in [-0.15, -0.1) is 0 Å². The molecule has 4 nitrogen and oxygen atoms in total. The summed E-state index contributed by atoms with van der Waals surface area (Å²) in [5, 5.41) is 17.0. The quantitative estimate of drug-likeness (QED) is 0.786. The summed E-state index contributed by atoms with van der Waals surface area (Å²) in [5.41, 5.74) is 0.237. The number of carboxylic acid groups (broad SMARTS) is 1. The van der Waals surface area contributed by atoms with Crippen LogP contribution in [0.3, 0.4) is 0 Å². The molecule has 0 bridgehead atoms. The number of nitrogens with zero attached hydrogens (tertiary/aromatic N) is 2. The van der Waals surface area contributed by atoms with Crippen molar-refractivity contribution in [2.45, 2.75) is 0 Å². The highest BCUT2D eigenvalue weighted by Crippen LogP contribution is 2.15. The number of nitriles is 1. The molecule has 0 unspecified atom stereocenters. The van der Waals surface area contributed by atoms with E-state index in [4.69, 9.17) is 10.4 Å². The summed E-state index contributed by atoms with van der Waals surface area (Å²) in [5.74, 6) is -1.12.